The Bertz CT molecular complexity index is 1210. The van der Waals surface area contributed by atoms with E-state index in [0.29, 0.717) is 18.5 Å². The second kappa shape index (κ2) is 7.60. The smallest absolute Gasteiger partial charge is 0.385 e. The highest BCUT2D eigenvalue weighted by atomic mass is 32.2. The van der Waals surface area contributed by atoms with Gasteiger partial charge >= 0.3 is 10.3 Å². The first-order valence-electron chi connectivity index (χ1n) is 10.6. The maximum absolute atomic E-state index is 12.4. The van der Waals surface area contributed by atoms with E-state index in [9.17, 15) is 13.5 Å². The van der Waals surface area contributed by atoms with Crippen LogP contribution in [0.3, 0.4) is 0 Å². The van der Waals surface area contributed by atoms with Crippen molar-refractivity contribution in [1.82, 2.24) is 4.31 Å². The van der Waals surface area contributed by atoms with Crippen molar-refractivity contribution in [2.75, 3.05) is 13.1 Å². The van der Waals surface area contributed by atoms with Gasteiger partial charge in [0.2, 0.25) is 0 Å². The van der Waals surface area contributed by atoms with Crippen LogP contribution in [0.2, 0.25) is 0 Å². The molecular weight excluding hydrogens is 398 g/mol. The molecule has 1 aliphatic heterocycles. The van der Waals surface area contributed by atoms with Gasteiger partial charge in [0.25, 0.3) is 0 Å². The Morgan fingerprint density at radius 1 is 0.833 bits per heavy atom. The highest BCUT2D eigenvalue weighted by Crippen LogP contribution is 2.38. The third-order valence-corrected chi connectivity index (χ3v) is 7.61. The third-order valence-electron chi connectivity index (χ3n) is 6.21. The summed E-state index contributed by atoms with van der Waals surface area (Å²) >= 11 is 0. The number of fused-ring (bicyclic) bond motifs is 2. The highest BCUT2D eigenvalue weighted by Gasteiger charge is 2.27. The molecule has 0 bridgehead atoms. The molecule has 1 heterocycles. The van der Waals surface area contributed by atoms with Crippen molar-refractivity contribution in [3.05, 3.63) is 59.7 Å². The van der Waals surface area contributed by atoms with Gasteiger partial charge < -0.3 is 9.29 Å². The molecule has 5 nitrogen and oxygen atoms in total. The molecule has 0 saturated carbocycles. The van der Waals surface area contributed by atoms with Gasteiger partial charge in [-0.2, -0.15) is 12.7 Å². The van der Waals surface area contributed by atoms with E-state index in [1.165, 1.54) is 28.3 Å². The monoisotopic (exact) mass is 423 g/mol. The van der Waals surface area contributed by atoms with E-state index in [4.69, 9.17) is 4.18 Å². The summed E-state index contributed by atoms with van der Waals surface area (Å²) in [5.74, 6) is 0.465. The fourth-order valence-electron chi connectivity index (χ4n) is 4.56. The summed E-state index contributed by atoms with van der Waals surface area (Å²) in [5.41, 5.74) is 4.57. The molecule has 6 heteroatoms. The summed E-state index contributed by atoms with van der Waals surface area (Å²) in [5, 5.41) is 12.4. The molecule has 1 aliphatic carbocycles. The Kier molecular flexibility index (Phi) is 4.91. The number of phenolic OH excluding ortho intramolecular Hbond substituents is 1. The molecule has 3 aromatic rings. The topological polar surface area (TPSA) is 66.8 Å². The standard InChI is InChI=1S/C24H25NO4S/c26-24-22(19-8-7-17-5-1-2-6-18(17)15-19)11-9-20-16-21(10-12-23(20)24)29-30(27,28)25-13-3-4-14-25/h7-12,15-16,26H,1-6,13-14H2. The lowest BCUT2D eigenvalue weighted by Crippen LogP contribution is -2.31. The van der Waals surface area contributed by atoms with Crippen LogP contribution in [0.25, 0.3) is 21.9 Å². The summed E-state index contributed by atoms with van der Waals surface area (Å²) in [6.45, 7) is 1.00. The summed E-state index contributed by atoms with van der Waals surface area (Å²) < 4.78 is 31.5. The molecule has 0 aromatic heterocycles. The molecule has 5 rings (SSSR count). The van der Waals surface area contributed by atoms with E-state index in [-0.39, 0.29) is 11.5 Å². The lowest BCUT2D eigenvalue weighted by atomic mass is 9.88. The van der Waals surface area contributed by atoms with Gasteiger partial charge in [0, 0.05) is 24.0 Å². The Morgan fingerprint density at radius 2 is 1.60 bits per heavy atom. The first kappa shape index (κ1) is 19.4. The van der Waals surface area contributed by atoms with Gasteiger partial charge in [-0.15, -0.1) is 0 Å². The SMILES string of the molecule is O=S(=O)(Oc1ccc2c(O)c(-c3ccc4c(c3)CCCC4)ccc2c1)N1CCCC1. The van der Waals surface area contributed by atoms with Gasteiger partial charge in [0.05, 0.1) is 0 Å². The summed E-state index contributed by atoms with van der Waals surface area (Å²) in [7, 11) is -3.78. The molecule has 2 aliphatic rings. The summed E-state index contributed by atoms with van der Waals surface area (Å²) in [6.07, 6.45) is 6.39. The molecule has 3 aromatic carbocycles. The summed E-state index contributed by atoms with van der Waals surface area (Å²) in [6, 6.07) is 15.2. The third kappa shape index (κ3) is 3.55. The lowest BCUT2D eigenvalue weighted by molar-refractivity contribution is 0.395. The Hall–Kier alpha value is -2.57. The van der Waals surface area contributed by atoms with Gasteiger partial charge in [0.15, 0.2) is 0 Å². The van der Waals surface area contributed by atoms with Gasteiger partial charge in [0.1, 0.15) is 11.5 Å². The zero-order chi connectivity index (χ0) is 20.7. The van der Waals surface area contributed by atoms with Crippen LogP contribution in [-0.4, -0.2) is 30.9 Å². The van der Waals surface area contributed by atoms with Crippen molar-refractivity contribution in [2.24, 2.45) is 0 Å². The Morgan fingerprint density at radius 3 is 2.40 bits per heavy atom. The molecule has 1 saturated heterocycles. The zero-order valence-electron chi connectivity index (χ0n) is 16.8. The van der Waals surface area contributed by atoms with Crippen LogP contribution in [0.15, 0.2) is 48.5 Å². The molecule has 0 radical (unpaired) electrons. The van der Waals surface area contributed by atoms with Crippen molar-refractivity contribution < 1.29 is 17.7 Å². The average Bonchev–Trinajstić information content (AvgIpc) is 3.29. The highest BCUT2D eigenvalue weighted by molar-refractivity contribution is 7.84. The molecule has 0 unspecified atom stereocenters. The van der Waals surface area contributed by atoms with Gasteiger partial charge in [-0.05, 0) is 78.8 Å². The molecule has 0 spiro atoms. The second-order valence-corrected chi connectivity index (χ2v) is 9.72. The van der Waals surface area contributed by atoms with Crippen molar-refractivity contribution in [1.29, 1.82) is 0 Å². The predicted molar refractivity (Wildman–Crippen MR) is 118 cm³/mol. The molecule has 0 amide bonds. The van der Waals surface area contributed by atoms with Crippen molar-refractivity contribution >= 4 is 21.1 Å². The zero-order valence-corrected chi connectivity index (χ0v) is 17.6. The maximum atomic E-state index is 12.4. The van der Waals surface area contributed by atoms with Gasteiger partial charge in [-0.1, -0.05) is 30.3 Å². The molecule has 156 valence electrons. The summed E-state index contributed by atoms with van der Waals surface area (Å²) in [4.78, 5) is 0. The predicted octanol–water partition coefficient (Wildman–Crippen LogP) is 4.81. The van der Waals surface area contributed by atoms with Crippen LogP contribution in [0.4, 0.5) is 0 Å². The van der Waals surface area contributed by atoms with Crippen LogP contribution in [0.1, 0.15) is 36.8 Å². The molecular formula is C24H25NO4S. The van der Waals surface area contributed by atoms with Crippen LogP contribution in [0.5, 0.6) is 11.5 Å². The van der Waals surface area contributed by atoms with Crippen LogP contribution in [-0.2, 0) is 23.1 Å². The van der Waals surface area contributed by atoms with Crippen LogP contribution < -0.4 is 4.18 Å². The molecule has 1 N–H and O–H groups in total. The number of hydrogen-bond acceptors (Lipinski definition) is 4. The fraction of sp³-hybridized carbons (Fsp3) is 0.333. The fourth-order valence-corrected chi connectivity index (χ4v) is 5.72. The first-order chi connectivity index (χ1) is 14.5. The number of nitrogens with zero attached hydrogens (tertiary/aromatic N) is 1. The number of rotatable bonds is 4. The first-order valence-corrected chi connectivity index (χ1v) is 12.0. The number of hydrogen-bond donors (Lipinski definition) is 1. The molecule has 30 heavy (non-hydrogen) atoms. The van der Waals surface area contributed by atoms with E-state index < -0.39 is 10.3 Å². The minimum absolute atomic E-state index is 0.206. The Balaban J connectivity index is 1.47. The lowest BCUT2D eigenvalue weighted by Gasteiger charge is -2.18. The van der Waals surface area contributed by atoms with Crippen LogP contribution in [0, 0.1) is 0 Å². The average molecular weight is 424 g/mol. The van der Waals surface area contributed by atoms with Crippen molar-refractivity contribution in [3.8, 4) is 22.6 Å². The van der Waals surface area contributed by atoms with Crippen molar-refractivity contribution in [2.45, 2.75) is 38.5 Å². The number of aromatic hydroxyl groups is 1. The number of phenols is 1. The minimum atomic E-state index is -3.78. The van der Waals surface area contributed by atoms with Crippen molar-refractivity contribution in [3.63, 3.8) is 0 Å². The Labute approximate surface area is 177 Å². The van der Waals surface area contributed by atoms with E-state index in [0.717, 1.165) is 42.2 Å². The normalized spacial score (nSPS) is 17.2. The van der Waals surface area contributed by atoms with E-state index in [1.54, 1.807) is 18.2 Å². The van der Waals surface area contributed by atoms with Crippen LogP contribution >= 0.6 is 0 Å². The number of benzene rings is 3. The minimum Gasteiger partial charge on any atom is -0.507 e. The molecule has 1 fully saturated rings. The van der Waals surface area contributed by atoms with E-state index >= 15 is 0 Å². The maximum Gasteiger partial charge on any atom is 0.385 e. The number of aryl methyl sites for hydroxylation is 2. The second-order valence-electron chi connectivity index (χ2n) is 8.18. The quantitative estimate of drug-likeness (QED) is 0.654. The molecule has 0 atom stereocenters. The largest absolute Gasteiger partial charge is 0.507 e. The van der Waals surface area contributed by atoms with E-state index in [1.807, 2.05) is 12.1 Å². The van der Waals surface area contributed by atoms with Gasteiger partial charge in [-0.25, -0.2) is 0 Å². The van der Waals surface area contributed by atoms with E-state index in [2.05, 4.69) is 18.2 Å². The van der Waals surface area contributed by atoms with Gasteiger partial charge in [-0.3, -0.25) is 0 Å².